The van der Waals surface area contributed by atoms with Crippen molar-refractivity contribution in [3.63, 3.8) is 0 Å². The smallest absolute Gasteiger partial charge is 0.253 e. The van der Waals surface area contributed by atoms with Gasteiger partial charge in [0.25, 0.3) is 5.91 Å². The maximum Gasteiger partial charge on any atom is 0.253 e. The zero-order valence-electron chi connectivity index (χ0n) is 15.5. The molecule has 134 valence electrons. The van der Waals surface area contributed by atoms with Crippen LogP contribution in [0.25, 0.3) is 0 Å². The molecule has 0 aliphatic heterocycles. The molecule has 0 fully saturated rings. The number of hydrogen-bond acceptors (Lipinski definition) is 3. The first-order valence-corrected chi connectivity index (χ1v) is 9.31. The summed E-state index contributed by atoms with van der Waals surface area (Å²) in [6.45, 7) is 13.7. The lowest BCUT2D eigenvalue weighted by Crippen LogP contribution is -2.29. The highest BCUT2D eigenvalue weighted by atomic mass is 79.9. The lowest BCUT2D eigenvalue weighted by atomic mass is 9.85. The fourth-order valence-corrected chi connectivity index (χ4v) is 3.01. The SMILES string of the molecule is C=Nc1c(C(=O)NCCC(C)(C)CCNC)cc(C)cc1C(C)Br. The first-order valence-electron chi connectivity index (χ1n) is 8.40. The zero-order chi connectivity index (χ0) is 18.3. The van der Waals surface area contributed by atoms with E-state index in [-0.39, 0.29) is 16.1 Å². The summed E-state index contributed by atoms with van der Waals surface area (Å²) >= 11 is 3.57. The number of nitrogens with one attached hydrogen (secondary N) is 2. The number of carbonyl (C=O) groups is 1. The molecule has 0 spiro atoms. The predicted molar refractivity (Wildman–Crippen MR) is 107 cm³/mol. The van der Waals surface area contributed by atoms with Crippen LogP contribution in [0.2, 0.25) is 0 Å². The van der Waals surface area contributed by atoms with Crippen LogP contribution in [-0.2, 0) is 0 Å². The zero-order valence-corrected chi connectivity index (χ0v) is 17.1. The molecular weight excluding hydrogens is 366 g/mol. The van der Waals surface area contributed by atoms with Crippen LogP contribution in [0.5, 0.6) is 0 Å². The van der Waals surface area contributed by atoms with Gasteiger partial charge in [0.2, 0.25) is 0 Å². The van der Waals surface area contributed by atoms with Gasteiger partial charge in [-0.1, -0.05) is 35.8 Å². The highest BCUT2D eigenvalue weighted by molar-refractivity contribution is 9.09. The second-order valence-corrected chi connectivity index (χ2v) is 8.42. The third-order valence-corrected chi connectivity index (χ3v) is 4.75. The molecular formula is C19H30BrN3O. The Morgan fingerprint density at radius 2 is 1.96 bits per heavy atom. The van der Waals surface area contributed by atoms with Crippen LogP contribution in [0.1, 0.15) is 59.9 Å². The minimum absolute atomic E-state index is 0.0834. The van der Waals surface area contributed by atoms with E-state index in [0.29, 0.717) is 17.8 Å². The minimum atomic E-state index is -0.0834. The van der Waals surface area contributed by atoms with Gasteiger partial charge in [-0.15, -0.1) is 0 Å². The van der Waals surface area contributed by atoms with Crippen molar-refractivity contribution in [2.75, 3.05) is 20.1 Å². The van der Waals surface area contributed by atoms with Crippen molar-refractivity contribution in [1.82, 2.24) is 10.6 Å². The van der Waals surface area contributed by atoms with Gasteiger partial charge in [-0.05, 0) is 69.6 Å². The summed E-state index contributed by atoms with van der Waals surface area (Å²) in [7, 11) is 1.96. The molecule has 24 heavy (non-hydrogen) atoms. The Bertz CT molecular complexity index is 582. The summed E-state index contributed by atoms with van der Waals surface area (Å²) in [6.07, 6.45) is 2.01. The van der Waals surface area contributed by atoms with E-state index in [1.165, 1.54) is 0 Å². The summed E-state index contributed by atoms with van der Waals surface area (Å²) < 4.78 is 0. The number of carbonyl (C=O) groups excluding carboxylic acids is 1. The molecule has 0 aliphatic rings. The van der Waals surface area contributed by atoms with E-state index in [4.69, 9.17) is 0 Å². The normalized spacial score (nSPS) is 12.8. The van der Waals surface area contributed by atoms with Crippen LogP contribution in [0.15, 0.2) is 17.1 Å². The monoisotopic (exact) mass is 395 g/mol. The highest BCUT2D eigenvalue weighted by Gasteiger charge is 2.20. The second-order valence-electron chi connectivity index (χ2n) is 7.05. The number of halogens is 1. The van der Waals surface area contributed by atoms with E-state index < -0.39 is 0 Å². The molecule has 1 amide bonds. The molecule has 0 radical (unpaired) electrons. The van der Waals surface area contributed by atoms with Gasteiger partial charge in [-0.2, -0.15) is 0 Å². The van der Waals surface area contributed by atoms with Gasteiger partial charge in [0.1, 0.15) is 0 Å². The summed E-state index contributed by atoms with van der Waals surface area (Å²) in [5.41, 5.74) is 3.49. The number of rotatable bonds is 9. The van der Waals surface area contributed by atoms with Gasteiger partial charge in [0.05, 0.1) is 11.3 Å². The molecule has 0 aliphatic carbocycles. The molecule has 1 rings (SSSR count). The van der Waals surface area contributed by atoms with Gasteiger partial charge >= 0.3 is 0 Å². The lowest BCUT2D eigenvalue weighted by molar-refractivity contribution is 0.0948. The van der Waals surface area contributed by atoms with E-state index in [0.717, 1.165) is 30.5 Å². The van der Waals surface area contributed by atoms with Gasteiger partial charge in [-0.3, -0.25) is 9.79 Å². The molecule has 0 saturated heterocycles. The van der Waals surface area contributed by atoms with Crippen molar-refractivity contribution in [3.8, 4) is 0 Å². The number of nitrogens with zero attached hydrogens (tertiary/aromatic N) is 1. The molecule has 1 atom stereocenters. The molecule has 2 N–H and O–H groups in total. The van der Waals surface area contributed by atoms with E-state index in [9.17, 15) is 4.79 Å². The third kappa shape index (κ3) is 6.02. The molecule has 0 bridgehead atoms. The lowest BCUT2D eigenvalue weighted by Gasteiger charge is -2.24. The van der Waals surface area contributed by atoms with Crippen molar-refractivity contribution in [2.24, 2.45) is 10.4 Å². The maximum absolute atomic E-state index is 12.6. The van der Waals surface area contributed by atoms with E-state index in [1.54, 1.807) is 0 Å². The molecule has 5 heteroatoms. The quantitative estimate of drug-likeness (QED) is 0.476. The van der Waals surface area contributed by atoms with E-state index in [1.807, 2.05) is 33.0 Å². The number of aryl methyl sites for hydroxylation is 1. The van der Waals surface area contributed by atoms with Gasteiger partial charge in [0.15, 0.2) is 0 Å². The van der Waals surface area contributed by atoms with E-state index >= 15 is 0 Å². The van der Waals surface area contributed by atoms with Crippen LogP contribution in [0.3, 0.4) is 0 Å². The molecule has 0 saturated carbocycles. The third-order valence-electron chi connectivity index (χ3n) is 4.25. The van der Waals surface area contributed by atoms with Crippen molar-refractivity contribution >= 4 is 34.2 Å². The van der Waals surface area contributed by atoms with Crippen LogP contribution in [0.4, 0.5) is 5.69 Å². The largest absolute Gasteiger partial charge is 0.352 e. The molecule has 0 heterocycles. The molecule has 4 nitrogen and oxygen atoms in total. The Morgan fingerprint density at radius 3 is 2.50 bits per heavy atom. The molecule has 1 aromatic rings. The fourth-order valence-electron chi connectivity index (χ4n) is 2.66. The summed E-state index contributed by atoms with van der Waals surface area (Å²) in [4.78, 5) is 16.8. The number of aliphatic imine (C=N–C) groups is 1. The number of benzene rings is 1. The standard InChI is InChI=1S/C19H30BrN3O/c1-13-11-15(14(2)20)17(22-6)16(12-13)18(24)23-10-8-19(3,4)7-9-21-5/h11-12,14,21H,6-10H2,1-5H3,(H,23,24). The van der Waals surface area contributed by atoms with E-state index in [2.05, 4.69) is 52.1 Å². The average Bonchev–Trinajstić information content (AvgIpc) is 2.51. The van der Waals surface area contributed by atoms with Crippen molar-refractivity contribution in [1.29, 1.82) is 0 Å². The Balaban J connectivity index is 2.83. The molecule has 1 aromatic carbocycles. The van der Waals surface area contributed by atoms with Crippen LogP contribution in [-0.4, -0.2) is 32.8 Å². The topological polar surface area (TPSA) is 53.5 Å². The number of amides is 1. The Labute approximate surface area is 154 Å². The van der Waals surface area contributed by atoms with Gasteiger partial charge in [-0.25, -0.2) is 0 Å². The average molecular weight is 396 g/mol. The first-order chi connectivity index (χ1) is 11.2. The second kappa shape index (κ2) is 9.33. The van der Waals surface area contributed by atoms with Crippen LogP contribution in [0, 0.1) is 12.3 Å². The van der Waals surface area contributed by atoms with Crippen LogP contribution >= 0.6 is 15.9 Å². The van der Waals surface area contributed by atoms with Crippen molar-refractivity contribution in [2.45, 2.75) is 45.4 Å². The predicted octanol–water partition coefficient (Wildman–Crippen LogP) is 4.54. The van der Waals surface area contributed by atoms with Gasteiger partial charge in [0, 0.05) is 11.4 Å². The van der Waals surface area contributed by atoms with Crippen molar-refractivity contribution in [3.05, 3.63) is 28.8 Å². The summed E-state index contributed by atoms with van der Waals surface area (Å²) in [5.74, 6) is -0.0834. The summed E-state index contributed by atoms with van der Waals surface area (Å²) in [5, 5.41) is 6.21. The number of alkyl halides is 1. The summed E-state index contributed by atoms with van der Waals surface area (Å²) in [6, 6.07) is 3.92. The Hall–Kier alpha value is -1.20. The molecule has 0 aromatic heterocycles. The Kier molecular flexibility index (Phi) is 8.10. The Morgan fingerprint density at radius 1 is 1.33 bits per heavy atom. The van der Waals surface area contributed by atoms with Crippen molar-refractivity contribution < 1.29 is 4.79 Å². The number of hydrogen-bond donors (Lipinski definition) is 2. The first kappa shape index (κ1) is 20.8. The van der Waals surface area contributed by atoms with Crippen LogP contribution < -0.4 is 10.6 Å². The molecule has 1 unspecified atom stereocenters. The maximum atomic E-state index is 12.6. The highest BCUT2D eigenvalue weighted by Crippen LogP contribution is 2.34. The van der Waals surface area contributed by atoms with Gasteiger partial charge < -0.3 is 10.6 Å². The minimum Gasteiger partial charge on any atom is -0.352 e. The fraction of sp³-hybridized carbons (Fsp3) is 0.579.